The van der Waals surface area contributed by atoms with Gasteiger partial charge < -0.3 is 15.2 Å². The van der Waals surface area contributed by atoms with Crippen molar-refractivity contribution >= 4 is 22.8 Å². The van der Waals surface area contributed by atoms with Crippen LogP contribution < -0.4 is 5.32 Å². The van der Waals surface area contributed by atoms with Crippen molar-refractivity contribution in [2.45, 2.75) is 38.5 Å². The minimum atomic E-state index is -0.0717. The zero-order valence-electron chi connectivity index (χ0n) is 15.0. The van der Waals surface area contributed by atoms with E-state index in [1.807, 2.05) is 31.3 Å². The molecule has 2 N–H and O–H groups in total. The highest BCUT2D eigenvalue weighted by Crippen LogP contribution is 2.46. The highest BCUT2D eigenvalue weighted by Gasteiger charge is 2.44. The van der Waals surface area contributed by atoms with E-state index >= 15 is 0 Å². The van der Waals surface area contributed by atoms with Crippen molar-refractivity contribution in [1.29, 1.82) is 0 Å². The van der Waals surface area contributed by atoms with Crippen LogP contribution in [0.5, 0.6) is 0 Å². The summed E-state index contributed by atoms with van der Waals surface area (Å²) in [6.07, 6.45) is 6.51. The molecule has 1 fully saturated rings. The van der Waals surface area contributed by atoms with Gasteiger partial charge in [0.2, 0.25) is 11.8 Å². The molecule has 0 spiro atoms. The first-order valence-electron chi connectivity index (χ1n) is 9.25. The summed E-state index contributed by atoms with van der Waals surface area (Å²) in [7, 11) is 1.84. The molecule has 1 aliphatic heterocycles. The number of piperidine rings is 1. The van der Waals surface area contributed by atoms with Crippen molar-refractivity contribution in [3.8, 4) is 0 Å². The maximum absolute atomic E-state index is 12.4. The first kappa shape index (κ1) is 16.8. The zero-order chi connectivity index (χ0) is 18.1. The van der Waals surface area contributed by atoms with E-state index in [1.165, 1.54) is 0 Å². The first-order valence-corrected chi connectivity index (χ1v) is 9.25. The molecule has 6 heteroatoms. The number of aromatic nitrogens is 2. The number of hydrogen-bond acceptors (Lipinski definition) is 3. The number of nitrogens with zero attached hydrogens (tertiary/aromatic N) is 2. The normalized spacial score (nSPS) is 22.4. The van der Waals surface area contributed by atoms with Gasteiger partial charge in [-0.15, -0.1) is 0 Å². The molecule has 136 valence electrons. The number of imidazole rings is 1. The Balaban J connectivity index is 1.34. The number of aromatic amines is 1. The lowest BCUT2D eigenvalue weighted by molar-refractivity contribution is -0.132. The number of amides is 2. The van der Waals surface area contributed by atoms with E-state index < -0.39 is 0 Å². The lowest BCUT2D eigenvalue weighted by Crippen LogP contribution is -2.46. The molecular formula is C20H24N4O2. The Morgan fingerprint density at radius 3 is 3.04 bits per heavy atom. The Hall–Kier alpha value is -2.63. The number of carbonyl (C=O) groups is 2. The van der Waals surface area contributed by atoms with E-state index in [4.69, 9.17) is 0 Å². The van der Waals surface area contributed by atoms with Gasteiger partial charge >= 0.3 is 0 Å². The molecule has 26 heavy (non-hydrogen) atoms. The number of carbonyl (C=O) groups excluding carboxylic acids is 2. The smallest absolute Gasteiger partial charge is 0.226 e. The summed E-state index contributed by atoms with van der Waals surface area (Å²) in [6, 6.07) is 7.87. The Morgan fingerprint density at radius 2 is 2.19 bits per heavy atom. The van der Waals surface area contributed by atoms with E-state index in [2.05, 4.69) is 21.4 Å². The molecular weight excluding hydrogens is 328 g/mol. The largest absolute Gasteiger partial charge is 0.355 e. The van der Waals surface area contributed by atoms with E-state index in [9.17, 15) is 9.59 Å². The summed E-state index contributed by atoms with van der Waals surface area (Å²) in [5, 5.41) is 3.09. The Labute approximate surface area is 152 Å². The number of allylic oxidation sites excluding steroid dienone is 1. The molecule has 2 aromatic rings. The molecule has 0 bridgehead atoms. The molecule has 2 heterocycles. The number of nitrogens with one attached hydrogen (secondary N) is 2. The van der Waals surface area contributed by atoms with Crippen LogP contribution in [-0.2, 0) is 16.0 Å². The van der Waals surface area contributed by atoms with E-state index in [1.54, 1.807) is 4.90 Å². The highest BCUT2D eigenvalue weighted by atomic mass is 16.2. The van der Waals surface area contributed by atoms with Gasteiger partial charge in [-0.25, -0.2) is 4.98 Å². The molecule has 1 saturated heterocycles. The fraction of sp³-hybridized carbons (Fsp3) is 0.450. The van der Waals surface area contributed by atoms with Gasteiger partial charge in [0, 0.05) is 44.0 Å². The molecule has 2 aliphatic rings. The Morgan fingerprint density at radius 1 is 1.35 bits per heavy atom. The van der Waals surface area contributed by atoms with Crippen molar-refractivity contribution in [3.63, 3.8) is 0 Å². The van der Waals surface area contributed by atoms with Gasteiger partial charge in [0.1, 0.15) is 5.82 Å². The van der Waals surface area contributed by atoms with Gasteiger partial charge in [-0.3, -0.25) is 9.59 Å². The average molecular weight is 352 g/mol. The standard InChI is InChI=1S/C20H24N4O2/c1-24-16-7-4-11-20(16,12-10-19(24)26)13-21-18(25)9-8-17-22-14-5-2-3-6-15(14)23-17/h2-3,5-7H,4,8-13H2,1H3,(H,21,25)(H,22,23). The summed E-state index contributed by atoms with van der Waals surface area (Å²) in [5.41, 5.74) is 2.94. The molecule has 1 unspecified atom stereocenters. The van der Waals surface area contributed by atoms with Crippen LogP contribution in [0.3, 0.4) is 0 Å². The minimum Gasteiger partial charge on any atom is -0.355 e. The number of rotatable bonds is 5. The molecule has 4 rings (SSSR count). The number of hydrogen-bond donors (Lipinski definition) is 2. The van der Waals surface area contributed by atoms with Crippen LogP contribution in [0, 0.1) is 5.41 Å². The van der Waals surface area contributed by atoms with E-state index in [-0.39, 0.29) is 17.2 Å². The molecule has 6 nitrogen and oxygen atoms in total. The lowest BCUT2D eigenvalue weighted by atomic mass is 9.77. The predicted molar refractivity (Wildman–Crippen MR) is 99.2 cm³/mol. The van der Waals surface area contributed by atoms with Crippen molar-refractivity contribution < 1.29 is 9.59 Å². The van der Waals surface area contributed by atoms with Crippen molar-refractivity contribution in [2.24, 2.45) is 5.41 Å². The molecule has 1 aliphatic carbocycles. The van der Waals surface area contributed by atoms with Crippen LogP contribution in [0.15, 0.2) is 36.0 Å². The zero-order valence-corrected chi connectivity index (χ0v) is 15.0. The third-order valence-corrected chi connectivity index (χ3v) is 5.71. The average Bonchev–Trinajstić information content (AvgIpc) is 3.26. The third kappa shape index (κ3) is 3.00. The van der Waals surface area contributed by atoms with Gasteiger partial charge in [-0.05, 0) is 31.4 Å². The first-order chi connectivity index (χ1) is 12.6. The molecule has 0 saturated carbocycles. The Bertz CT molecular complexity index is 852. The fourth-order valence-corrected chi connectivity index (χ4v) is 4.20. The van der Waals surface area contributed by atoms with Gasteiger partial charge in [-0.1, -0.05) is 18.2 Å². The maximum atomic E-state index is 12.4. The number of aryl methyl sites for hydroxylation is 1. The van der Waals surface area contributed by atoms with Gasteiger partial charge in [0.05, 0.1) is 11.0 Å². The fourth-order valence-electron chi connectivity index (χ4n) is 4.20. The number of likely N-dealkylation sites (tertiary alicyclic amines) is 1. The summed E-state index contributed by atoms with van der Waals surface area (Å²) < 4.78 is 0. The van der Waals surface area contributed by atoms with Crippen LogP contribution in [0.4, 0.5) is 0 Å². The van der Waals surface area contributed by atoms with E-state index in [0.29, 0.717) is 25.8 Å². The van der Waals surface area contributed by atoms with Crippen LogP contribution in [0.25, 0.3) is 11.0 Å². The monoisotopic (exact) mass is 352 g/mol. The van der Waals surface area contributed by atoms with Gasteiger partial charge in [-0.2, -0.15) is 0 Å². The molecule has 1 aromatic heterocycles. The topological polar surface area (TPSA) is 78.1 Å². The number of H-pyrrole nitrogens is 1. The maximum Gasteiger partial charge on any atom is 0.226 e. The summed E-state index contributed by atoms with van der Waals surface area (Å²) in [6.45, 7) is 0.607. The van der Waals surface area contributed by atoms with Crippen molar-refractivity contribution in [1.82, 2.24) is 20.2 Å². The number of fused-ring (bicyclic) bond motifs is 2. The molecule has 1 aromatic carbocycles. The number of benzene rings is 1. The second kappa shape index (κ2) is 6.59. The van der Waals surface area contributed by atoms with Crippen LogP contribution in [0.2, 0.25) is 0 Å². The summed E-state index contributed by atoms with van der Waals surface area (Å²) in [4.78, 5) is 33.8. The van der Waals surface area contributed by atoms with Gasteiger partial charge in [0.15, 0.2) is 0 Å². The lowest BCUT2D eigenvalue weighted by Gasteiger charge is -2.41. The highest BCUT2D eigenvalue weighted by molar-refractivity contribution is 5.80. The summed E-state index contributed by atoms with van der Waals surface area (Å²) >= 11 is 0. The SMILES string of the molecule is CN1C(=O)CCC2(CNC(=O)CCc3nc4ccccc4[nH]3)CCC=C12. The van der Waals surface area contributed by atoms with Gasteiger partial charge in [0.25, 0.3) is 0 Å². The molecule has 0 radical (unpaired) electrons. The van der Waals surface area contributed by atoms with Crippen LogP contribution in [-0.4, -0.2) is 40.3 Å². The number of para-hydroxylation sites is 2. The Kier molecular flexibility index (Phi) is 4.26. The second-order valence-corrected chi connectivity index (χ2v) is 7.34. The third-order valence-electron chi connectivity index (χ3n) is 5.71. The minimum absolute atomic E-state index is 0.0330. The van der Waals surface area contributed by atoms with Crippen LogP contribution >= 0.6 is 0 Å². The van der Waals surface area contributed by atoms with Crippen molar-refractivity contribution in [3.05, 3.63) is 41.9 Å². The predicted octanol–water partition coefficient (Wildman–Crippen LogP) is 2.53. The summed E-state index contributed by atoms with van der Waals surface area (Å²) in [5.74, 6) is 1.04. The van der Waals surface area contributed by atoms with Crippen LogP contribution in [0.1, 0.15) is 37.9 Å². The molecule has 2 amide bonds. The van der Waals surface area contributed by atoms with Crippen molar-refractivity contribution in [2.75, 3.05) is 13.6 Å². The van der Waals surface area contributed by atoms with E-state index in [0.717, 1.165) is 41.8 Å². The second-order valence-electron chi connectivity index (χ2n) is 7.34. The quantitative estimate of drug-likeness (QED) is 0.868. The molecule has 1 atom stereocenters.